The number of benzene rings is 1. The van der Waals surface area contributed by atoms with Crippen molar-refractivity contribution in [3.63, 3.8) is 0 Å². The van der Waals surface area contributed by atoms with Gasteiger partial charge in [-0.2, -0.15) is 10.1 Å². The molecule has 2 aliphatic rings. The number of halogens is 1. The van der Waals surface area contributed by atoms with E-state index in [0.717, 1.165) is 49.2 Å². The Balaban J connectivity index is 1.45. The Kier molecular flexibility index (Phi) is 4.64. The molecule has 3 aromatic rings. The van der Waals surface area contributed by atoms with Crippen molar-refractivity contribution in [3.05, 3.63) is 58.7 Å². The predicted octanol–water partition coefficient (Wildman–Crippen LogP) is 3.89. The van der Waals surface area contributed by atoms with Crippen molar-refractivity contribution in [2.75, 3.05) is 0 Å². The first kappa shape index (κ1) is 19.0. The van der Waals surface area contributed by atoms with Gasteiger partial charge in [0.05, 0.1) is 0 Å². The molecule has 1 unspecified atom stereocenters. The Morgan fingerprint density at radius 1 is 1.27 bits per heavy atom. The highest BCUT2D eigenvalue weighted by molar-refractivity contribution is 5.94. The highest BCUT2D eigenvalue weighted by Gasteiger charge is 2.33. The number of rotatable bonds is 6. The van der Waals surface area contributed by atoms with Crippen LogP contribution in [0.15, 0.2) is 28.8 Å². The molecule has 1 N–H and O–H groups in total. The van der Waals surface area contributed by atoms with Crippen LogP contribution >= 0.6 is 0 Å². The Hall–Kier alpha value is -3.03. The van der Waals surface area contributed by atoms with Gasteiger partial charge in [-0.25, -0.2) is 9.07 Å². The van der Waals surface area contributed by atoms with Gasteiger partial charge in [0.2, 0.25) is 5.89 Å². The lowest BCUT2D eigenvalue weighted by atomic mass is 10.0. The summed E-state index contributed by atoms with van der Waals surface area (Å²) in [5.41, 5.74) is 2.50. The van der Waals surface area contributed by atoms with Crippen molar-refractivity contribution in [2.24, 2.45) is 5.92 Å². The molecule has 30 heavy (non-hydrogen) atoms. The standard InChI is InChI=1S/C22H24FN5O2/c1-12(2)18(22-25-20(27-30-22)13-10-11-13)24-21(29)19-14-6-5-9-16(14)28(26-19)17-8-4-3-7-15(17)23/h3-4,7-8,12-13,18H,5-6,9-11H2,1-2H3,(H,24,29). The van der Waals surface area contributed by atoms with Gasteiger partial charge in [-0.05, 0) is 50.2 Å². The van der Waals surface area contributed by atoms with Crippen molar-refractivity contribution in [1.29, 1.82) is 0 Å². The number of amides is 1. The molecule has 1 atom stereocenters. The van der Waals surface area contributed by atoms with E-state index in [4.69, 9.17) is 4.52 Å². The third-order valence-corrected chi connectivity index (χ3v) is 5.85. The third kappa shape index (κ3) is 3.30. The number of carbonyl (C=O) groups is 1. The van der Waals surface area contributed by atoms with E-state index in [1.807, 2.05) is 13.8 Å². The molecule has 1 fully saturated rings. The number of fused-ring (bicyclic) bond motifs is 1. The van der Waals surface area contributed by atoms with E-state index >= 15 is 0 Å². The summed E-state index contributed by atoms with van der Waals surface area (Å²) in [6.45, 7) is 3.99. The summed E-state index contributed by atoms with van der Waals surface area (Å²) in [6, 6.07) is 6.08. The Morgan fingerprint density at radius 3 is 2.80 bits per heavy atom. The summed E-state index contributed by atoms with van der Waals surface area (Å²) < 4.78 is 21.4. The fourth-order valence-corrected chi connectivity index (χ4v) is 4.05. The maximum absolute atomic E-state index is 14.4. The second kappa shape index (κ2) is 7.34. The number of carbonyl (C=O) groups excluding carboxylic acids is 1. The van der Waals surface area contributed by atoms with Gasteiger partial charge in [-0.15, -0.1) is 0 Å². The zero-order chi connectivity index (χ0) is 20.8. The molecule has 156 valence electrons. The smallest absolute Gasteiger partial charge is 0.272 e. The molecule has 1 saturated carbocycles. The summed E-state index contributed by atoms with van der Waals surface area (Å²) in [5.74, 6) is 0.919. The molecule has 2 heterocycles. The Labute approximate surface area is 173 Å². The lowest BCUT2D eigenvalue weighted by Gasteiger charge is -2.18. The number of hydrogen-bond donors (Lipinski definition) is 1. The number of nitrogens with one attached hydrogen (secondary N) is 1. The predicted molar refractivity (Wildman–Crippen MR) is 107 cm³/mol. The van der Waals surface area contributed by atoms with E-state index in [9.17, 15) is 9.18 Å². The van der Waals surface area contributed by atoms with Gasteiger partial charge < -0.3 is 9.84 Å². The molecule has 0 saturated heterocycles. The minimum atomic E-state index is -0.409. The minimum Gasteiger partial charge on any atom is -0.339 e. The topological polar surface area (TPSA) is 85.8 Å². The second-order valence-corrected chi connectivity index (χ2v) is 8.45. The largest absolute Gasteiger partial charge is 0.339 e. The SMILES string of the molecule is CC(C)C(NC(=O)c1nn(-c2ccccc2F)c2c1CCC2)c1nc(C2CC2)no1. The summed E-state index contributed by atoms with van der Waals surface area (Å²) in [5, 5.41) is 11.6. The van der Waals surface area contributed by atoms with Crippen LogP contribution < -0.4 is 5.32 Å². The van der Waals surface area contributed by atoms with Crippen molar-refractivity contribution >= 4 is 5.91 Å². The molecule has 1 amide bonds. The molecule has 5 rings (SSSR count). The summed E-state index contributed by atoms with van der Waals surface area (Å²) in [6.07, 6.45) is 4.61. The number of hydrogen-bond acceptors (Lipinski definition) is 5. The maximum atomic E-state index is 14.4. The fourth-order valence-electron chi connectivity index (χ4n) is 4.05. The zero-order valence-corrected chi connectivity index (χ0v) is 17.1. The molecule has 0 spiro atoms. The quantitative estimate of drug-likeness (QED) is 0.668. The van der Waals surface area contributed by atoms with Gasteiger partial charge in [0.25, 0.3) is 5.91 Å². The van der Waals surface area contributed by atoms with Crippen molar-refractivity contribution < 1.29 is 13.7 Å². The summed E-state index contributed by atoms with van der Waals surface area (Å²) in [7, 11) is 0. The molecular weight excluding hydrogens is 385 g/mol. The highest BCUT2D eigenvalue weighted by atomic mass is 19.1. The van der Waals surface area contributed by atoms with Crippen LogP contribution in [0.1, 0.15) is 78.5 Å². The van der Waals surface area contributed by atoms with Gasteiger partial charge in [0.15, 0.2) is 11.5 Å². The lowest BCUT2D eigenvalue weighted by molar-refractivity contribution is 0.0907. The summed E-state index contributed by atoms with van der Waals surface area (Å²) >= 11 is 0. The number of nitrogens with zero attached hydrogens (tertiary/aromatic N) is 4. The van der Waals surface area contributed by atoms with Crippen LogP contribution in [-0.2, 0) is 12.8 Å². The van der Waals surface area contributed by atoms with Crippen LogP contribution in [0.4, 0.5) is 4.39 Å². The highest BCUT2D eigenvalue weighted by Crippen LogP contribution is 2.39. The molecule has 2 aliphatic carbocycles. The molecule has 1 aromatic carbocycles. The van der Waals surface area contributed by atoms with Gasteiger partial charge in [-0.3, -0.25) is 4.79 Å². The van der Waals surface area contributed by atoms with Gasteiger partial charge >= 0.3 is 0 Å². The molecule has 0 aliphatic heterocycles. The fraction of sp³-hybridized carbons (Fsp3) is 0.455. The average molecular weight is 409 g/mol. The molecule has 0 bridgehead atoms. The van der Waals surface area contributed by atoms with E-state index in [0.29, 0.717) is 23.2 Å². The first-order valence-electron chi connectivity index (χ1n) is 10.5. The van der Waals surface area contributed by atoms with Crippen LogP contribution in [0.3, 0.4) is 0 Å². The minimum absolute atomic E-state index is 0.0585. The van der Waals surface area contributed by atoms with Crippen molar-refractivity contribution in [2.45, 2.75) is 57.9 Å². The van der Waals surface area contributed by atoms with E-state index in [-0.39, 0.29) is 17.6 Å². The third-order valence-electron chi connectivity index (χ3n) is 5.85. The zero-order valence-electron chi connectivity index (χ0n) is 17.1. The van der Waals surface area contributed by atoms with Gasteiger partial charge in [0, 0.05) is 17.2 Å². The average Bonchev–Trinajstić information content (AvgIpc) is 3.14. The first-order valence-corrected chi connectivity index (χ1v) is 10.5. The maximum Gasteiger partial charge on any atom is 0.272 e. The normalized spacial score (nSPS) is 16.7. The van der Waals surface area contributed by atoms with E-state index in [2.05, 4.69) is 20.6 Å². The van der Waals surface area contributed by atoms with Crippen LogP contribution in [-0.4, -0.2) is 25.8 Å². The number of para-hydroxylation sites is 1. The van der Waals surface area contributed by atoms with Gasteiger partial charge in [-0.1, -0.05) is 31.1 Å². The second-order valence-electron chi connectivity index (χ2n) is 8.45. The Morgan fingerprint density at radius 2 is 2.07 bits per heavy atom. The molecule has 8 heteroatoms. The van der Waals surface area contributed by atoms with Crippen LogP contribution in [0, 0.1) is 11.7 Å². The molecule has 2 aromatic heterocycles. The van der Waals surface area contributed by atoms with Crippen LogP contribution in [0.2, 0.25) is 0 Å². The van der Waals surface area contributed by atoms with Crippen molar-refractivity contribution in [3.8, 4) is 5.69 Å². The Bertz CT molecular complexity index is 1100. The van der Waals surface area contributed by atoms with Crippen LogP contribution in [0.5, 0.6) is 0 Å². The molecule has 0 radical (unpaired) electrons. The molecule has 7 nitrogen and oxygen atoms in total. The van der Waals surface area contributed by atoms with E-state index in [1.165, 1.54) is 6.07 Å². The van der Waals surface area contributed by atoms with E-state index < -0.39 is 6.04 Å². The van der Waals surface area contributed by atoms with E-state index in [1.54, 1.807) is 22.9 Å². The molecular formula is C22H24FN5O2. The van der Waals surface area contributed by atoms with Crippen LogP contribution in [0.25, 0.3) is 5.69 Å². The first-order chi connectivity index (χ1) is 14.5. The number of aromatic nitrogens is 4. The monoisotopic (exact) mass is 409 g/mol. The van der Waals surface area contributed by atoms with Gasteiger partial charge in [0.1, 0.15) is 17.5 Å². The van der Waals surface area contributed by atoms with Crippen molar-refractivity contribution in [1.82, 2.24) is 25.2 Å². The summed E-state index contributed by atoms with van der Waals surface area (Å²) in [4.78, 5) is 17.7. The lowest BCUT2D eigenvalue weighted by Crippen LogP contribution is -2.33.